The van der Waals surface area contributed by atoms with Crippen molar-refractivity contribution in [3.63, 3.8) is 0 Å². The first-order chi connectivity index (χ1) is 12.8. The lowest BCUT2D eigenvalue weighted by atomic mass is 9.79. The van der Waals surface area contributed by atoms with Crippen molar-refractivity contribution in [3.05, 3.63) is 29.8 Å². The third kappa shape index (κ3) is 2.71. The summed E-state index contributed by atoms with van der Waals surface area (Å²) in [6.07, 6.45) is 0. The lowest BCUT2D eigenvalue weighted by Gasteiger charge is -2.27. The number of ether oxygens (including phenoxy) is 1. The summed E-state index contributed by atoms with van der Waals surface area (Å²) in [5.74, 6) is -3.07. The fraction of sp³-hybridized carbons (Fsp3) is 0.526. The Morgan fingerprint density at radius 2 is 1.89 bits per heavy atom. The van der Waals surface area contributed by atoms with Crippen molar-refractivity contribution in [2.24, 2.45) is 11.8 Å². The predicted octanol–water partition coefficient (Wildman–Crippen LogP) is -1.10. The zero-order valence-corrected chi connectivity index (χ0v) is 16.0. The number of nitrogens with two attached hydrogens (primary N) is 1. The minimum Gasteiger partial charge on any atom is -0.464 e. The van der Waals surface area contributed by atoms with Gasteiger partial charge in [-0.15, -0.1) is 0 Å². The highest BCUT2D eigenvalue weighted by Crippen LogP contribution is 2.44. The van der Waals surface area contributed by atoms with Crippen LogP contribution in [0.3, 0.4) is 0 Å². The van der Waals surface area contributed by atoms with Gasteiger partial charge in [-0.1, -0.05) is 12.1 Å². The second-order valence-electron chi connectivity index (χ2n) is 7.29. The van der Waals surface area contributed by atoms with E-state index >= 15 is 0 Å². The Morgan fingerprint density at radius 3 is 2.37 bits per heavy atom. The average molecular weight is 376 g/mol. The highest BCUT2D eigenvalue weighted by atomic mass is 16.5. The molecule has 8 heteroatoms. The number of methoxy groups -OCH3 is 1. The predicted molar refractivity (Wildman–Crippen MR) is 96.6 cm³/mol. The lowest BCUT2D eigenvalue weighted by molar-refractivity contribution is -0.735. The summed E-state index contributed by atoms with van der Waals surface area (Å²) < 4.78 is 4.90. The van der Waals surface area contributed by atoms with Gasteiger partial charge in [0, 0.05) is 31.9 Å². The number of hydrogen-bond donors (Lipinski definition) is 2. The molecule has 3 rings (SSSR count). The number of carbonyl (C=O) groups excluding carboxylic acids is 3. The number of esters is 1. The summed E-state index contributed by atoms with van der Waals surface area (Å²) in [6, 6.07) is 7.18. The Morgan fingerprint density at radius 1 is 1.26 bits per heavy atom. The van der Waals surface area contributed by atoms with Gasteiger partial charge in [0.2, 0.25) is 17.4 Å². The van der Waals surface area contributed by atoms with Crippen LogP contribution >= 0.6 is 0 Å². The Kier molecular flexibility index (Phi) is 4.96. The number of fused-ring (bicyclic) bond motifs is 1. The van der Waals surface area contributed by atoms with E-state index in [0.717, 1.165) is 11.3 Å². The number of likely N-dealkylation sites (tertiary alicyclic amines) is 1. The number of hydrogen-bond acceptors (Lipinski definition) is 6. The topological polar surface area (TPSA) is 104 Å². The van der Waals surface area contributed by atoms with Crippen LogP contribution < -0.4 is 10.2 Å². The third-order valence-electron chi connectivity index (χ3n) is 5.80. The molecule has 0 spiro atoms. The van der Waals surface area contributed by atoms with Gasteiger partial charge < -0.3 is 20.1 Å². The maximum absolute atomic E-state index is 12.9. The van der Waals surface area contributed by atoms with Gasteiger partial charge in [0.25, 0.3) is 0 Å². The van der Waals surface area contributed by atoms with Crippen molar-refractivity contribution in [2.45, 2.75) is 18.5 Å². The molecule has 0 bridgehead atoms. The molecule has 0 aromatic heterocycles. The summed E-state index contributed by atoms with van der Waals surface area (Å²) in [6.45, 7) is 1.38. The zero-order chi connectivity index (χ0) is 19.9. The maximum atomic E-state index is 12.9. The number of anilines is 1. The van der Waals surface area contributed by atoms with Gasteiger partial charge in [0.15, 0.2) is 0 Å². The minimum absolute atomic E-state index is 0.236. The second-order valence-corrected chi connectivity index (χ2v) is 7.29. The molecule has 4 atom stereocenters. The van der Waals surface area contributed by atoms with Crippen LogP contribution in [0.15, 0.2) is 24.3 Å². The molecular formula is C19H26N3O5+. The number of benzene rings is 1. The molecule has 8 nitrogen and oxygen atoms in total. The zero-order valence-electron chi connectivity index (χ0n) is 16.0. The van der Waals surface area contributed by atoms with Crippen LogP contribution in [0.1, 0.15) is 18.5 Å². The third-order valence-corrected chi connectivity index (χ3v) is 5.80. The molecule has 2 amide bonds. The summed E-state index contributed by atoms with van der Waals surface area (Å²) in [5, 5.41) is 11.7. The van der Waals surface area contributed by atoms with E-state index in [9.17, 15) is 19.5 Å². The number of rotatable bonds is 5. The van der Waals surface area contributed by atoms with Gasteiger partial charge in [-0.05, 0) is 19.1 Å². The van der Waals surface area contributed by atoms with Crippen molar-refractivity contribution in [2.75, 3.05) is 39.3 Å². The number of imide groups is 1. The smallest absolute Gasteiger partial charge is 0.371 e. The highest BCUT2D eigenvalue weighted by Gasteiger charge is 2.72. The first-order valence-corrected chi connectivity index (χ1v) is 9.00. The van der Waals surface area contributed by atoms with Crippen LogP contribution in [-0.4, -0.2) is 67.7 Å². The van der Waals surface area contributed by atoms with Crippen molar-refractivity contribution in [1.82, 2.24) is 4.90 Å². The molecule has 146 valence electrons. The largest absolute Gasteiger partial charge is 0.464 e. The van der Waals surface area contributed by atoms with Crippen molar-refractivity contribution >= 4 is 23.5 Å². The van der Waals surface area contributed by atoms with E-state index in [-0.39, 0.29) is 12.5 Å². The van der Waals surface area contributed by atoms with Crippen LogP contribution in [0.25, 0.3) is 0 Å². The summed E-state index contributed by atoms with van der Waals surface area (Å²) >= 11 is 0. The number of carbonyl (C=O) groups is 3. The summed E-state index contributed by atoms with van der Waals surface area (Å²) in [4.78, 5) is 41.6. The molecule has 1 aromatic carbocycles. The van der Waals surface area contributed by atoms with E-state index in [0.29, 0.717) is 0 Å². The monoisotopic (exact) mass is 376 g/mol. The lowest BCUT2D eigenvalue weighted by Crippen LogP contribution is -2.99. The standard InChI is InChI=1S/C19H25N3O5/c1-5-22-16(24)13-14(17(22)25)19(10-23,18(26)27-4)20-15(13)11-6-8-12(9-7-11)21(2)3/h6-9,13-15,20,23H,5,10H2,1-4H3/p+1/t13-,14+,15-,19-/m1/s1. The molecule has 27 heavy (non-hydrogen) atoms. The van der Waals surface area contributed by atoms with Crippen LogP contribution in [0, 0.1) is 11.8 Å². The fourth-order valence-corrected chi connectivity index (χ4v) is 4.39. The van der Waals surface area contributed by atoms with E-state index in [4.69, 9.17) is 4.74 Å². The van der Waals surface area contributed by atoms with E-state index in [1.54, 1.807) is 12.2 Å². The molecule has 0 saturated carbocycles. The molecular weight excluding hydrogens is 350 g/mol. The Bertz CT molecular complexity index is 763. The molecule has 2 aliphatic heterocycles. The van der Waals surface area contributed by atoms with Gasteiger partial charge >= 0.3 is 5.97 Å². The summed E-state index contributed by atoms with van der Waals surface area (Å²) in [7, 11) is 5.08. The minimum atomic E-state index is -1.51. The molecule has 3 N–H and O–H groups in total. The Labute approximate surface area is 158 Å². The SMILES string of the molecule is CCN1C(=O)[C@H]2[C@@H](c3ccc(N(C)C)cc3)[NH2+][C@@](CO)(C(=O)OC)[C@@H]2C1=O. The van der Waals surface area contributed by atoms with Crippen LogP contribution in [0.4, 0.5) is 5.69 Å². The molecule has 2 saturated heterocycles. The van der Waals surface area contributed by atoms with E-state index in [1.807, 2.05) is 43.3 Å². The van der Waals surface area contributed by atoms with E-state index < -0.39 is 41.9 Å². The Hall–Kier alpha value is -2.45. The Balaban J connectivity index is 2.09. The number of nitrogens with zero attached hydrogens (tertiary/aromatic N) is 2. The highest BCUT2D eigenvalue weighted by molar-refractivity contribution is 6.08. The van der Waals surface area contributed by atoms with Crippen molar-refractivity contribution < 1.29 is 29.5 Å². The number of quaternary nitrogens is 1. The van der Waals surface area contributed by atoms with E-state index in [1.165, 1.54) is 12.0 Å². The average Bonchev–Trinajstić information content (AvgIpc) is 3.15. The molecule has 2 heterocycles. The van der Waals surface area contributed by atoms with Crippen LogP contribution in [-0.2, 0) is 19.1 Å². The van der Waals surface area contributed by atoms with Crippen molar-refractivity contribution in [3.8, 4) is 0 Å². The van der Waals surface area contributed by atoms with Crippen LogP contribution in [0.2, 0.25) is 0 Å². The molecule has 2 fully saturated rings. The summed E-state index contributed by atoms with van der Waals surface area (Å²) in [5.41, 5.74) is 0.314. The molecule has 2 aliphatic rings. The van der Waals surface area contributed by atoms with Gasteiger partial charge in [-0.25, -0.2) is 4.79 Å². The maximum Gasteiger partial charge on any atom is 0.371 e. The normalized spacial score (nSPS) is 29.8. The molecule has 1 aromatic rings. The van der Waals surface area contributed by atoms with Gasteiger partial charge in [0.1, 0.15) is 24.5 Å². The van der Waals surface area contributed by atoms with Crippen molar-refractivity contribution in [1.29, 1.82) is 0 Å². The number of aliphatic hydroxyl groups excluding tert-OH is 1. The fourth-order valence-electron chi connectivity index (χ4n) is 4.39. The molecule has 0 unspecified atom stereocenters. The van der Waals surface area contributed by atoms with Gasteiger partial charge in [-0.3, -0.25) is 14.5 Å². The first kappa shape index (κ1) is 19.3. The molecule has 0 radical (unpaired) electrons. The van der Waals surface area contributed by atoms with Crippen LogP contribution in [0.5, 0.6) is 0 Å². The molecule has 0 aliphatic carbocycles. The van der Waals surface area contributed by atoms with E-state index in [2.05, 4.69) is 0 Å². The van der Waals surface area contributed by atoms with Gasteiger partial charge in [0.05, 0.1) is 7.11 Å². The second kappa shape index (κ2) is 6.94. The first-order valence-electron chi connectivity index (χ1n) is 9.00. The number of aliphatic hydroxyl groups is 1. The van der Waals surface area contributed by atoms with Gasteiger partial charge in [-0.2, -0.15) is 0 Å². The quantitative estimate of drug-likeness (QED) is 0.499. The number of amides is 2.